The molecule has 1 N–H and O–H groups in total. The molecule has 0 fully saturated rings. The van der Waals surface area contributed by atoms with Crippen LogP contribution in [0.15, 0.2) is 0 Å². The van der Waals surface area contributed by atoms with Crippen molar-refractivity contribution in [1.82, 2.24) is 15.1 Å². The summed E-state index contributed by atoms with van der Waals surface area (Å²) in [5.41, 5.74) is 2.04. The van der Waals surface area contributed by atoms with Crippen LogP contribution in [0, 0.1) is 5.92 Å². The van der Waals surface area contributed by atoms with Gasteiger partial charge in [0.05, 0.1) is 6.61 Å². The van der Waals surface area contributed by atoms with Gasteiger partial charge in [0.15, 0.2) is 5.69 Å². The minimum Gasteiger partial charge on any atom is -0.461 e. The van der Waals surface area contributed by atoms with Gasteiger partial charge in [0.2, 0.25) is 5.91 Å². The van der Waals surface area contributed by atoms with Gasteiger partial charge in [-0.25, -0.2) is 4.79 Å². The number of nitrogens with zero attached hydrogens (tertiary/aromatic N) is 2. The van der Waals surface area contributed by atoms with Crippen LogP contribution in [0.1, 0.15) is 48.9 Å². The zero-order valence-electron chi connectivity index (χ0n) is 12.2. The second-order valence-corrected chi connectivity index (χ2v) is 5.41. The second-order valence-electron chi connectivity index (χ2n) is 5.41. The number of hydrogen-bond donors (Lipinski definition) is 1. The highest BCUT2D eigenvalue weighted by Crippen LogP contribution is 2.22. The van der Waals surface area contributed by atoms with Gasteiger partial charge in [0.1, 0.15) is 0 Å². The van der Waals surface area contributed by atoms with E-state index in [4.69, 9.17) is 4.74 Å². The molecule has 0 aromatic carbocycles. The van der Waals surface area contributed by atoms with E-state index in [0.29, 0.717) is 44.1 Å². The molecule has 2 rings (SSSR count). The molecule has 1 aromatic rings. The Morgan fingerprint density at radius 1 is 1.45 bits per heavy atom. The summed E-state index contributed by atoms with van der Waals surface area (Å²) in [5, 5.41) is 6.91. The van der Waals surface area contributed by atoms with Gasteiger partial charge in [0.25, 0.3) is 0 Å². The first kappa shape index (κ1) is 14.6. The summed E-state index contributed by atoms with van der Waals surface area (Å²) in [6, 6.07) is 0. The number of carbonyl (C=O) groups is 2. The summed E-state index contributed by atoms with van der Waals surface area (Å²) in [7, 11) is 0. The van der Waals surface area contributed by atoms with Gasteiger partial charge in [-0.05, 0) is 12.8 Å². The van der Waals surface area contributed by atoms with Crippen LogP contribution >= 0.6 is 0 Å². The van der Waals surface area contributed by atoms with Gasteiger partial charge in [-0.1, -0.05) is 13.8 Å². The first-order chi connectivity index (χ1) is 9.52. The number of fused-ring (bicyclic) bond motifs is 1. The lowest BCUT2D eigenvalue weighted by molar-refractivity contribution is -0.132. The van der Waals surface area contributed by atoms with E-state index in [1.807, 2.05) is 13.8 Å². The van der Waals surface area contributed by atoms with Crippen LogP contribution in [-0.4, -0.2) is 40.1 Å². The van der Waals surface area contributed by atoms with Crippen LogP contribution in [-0.2, 0) is 22.5 Å². The number of aromatic nitrogens is 2. The number of rotatable bonds is 4. The fourth-order valence-electron chi connectivity index (χ4n) is 2.35. The molecule has 0 aliphatic carbocycles. The van der Waals surface area contributed by atoms with Gasteiger partial charge in [-0.3, -0.25) is 9.89 Å². The molecule has 1 aliphatic rings. The average molecular weight is 279 g/mol. The largest absolute Gasteiger partial charge is 0.461 e. The van der Waals surface area contributed by atoms with E-state index in [2.05, 4.69) is 10.2 Å². The molecule has 6 heteroatoms. The van der Waals surface area contributed by atoms with Crippen molar-refractivity contribution in [2.45, 2.75) is 40.2 Å². The van der Waals surface area contributed by atoms with Crippen molar-refractivity contribution in [3.05, 3.63) is 17.0 Å². The molecule has 20 heavy (non-hydrogen) atoms. The number of amides is 1. The molecule has 0 atom stereocenters. The van der Waals surface area contributed by atoms with Gasteiger partial charge in [0, 0.05) is 37.2 Å². The fraction of sp³-hybridized carbons (Fsp3) is 0.643. The number of aromatic amines is 1. The molecule has 0 saturated carbocycles. The lowest BCUT2D eigenvalue weighted by Crippen LogP contribution is -2.36. The minimum atomic E-state index is -0.428. The van der Waals surface area contributed by atoms with Gasteiger partial charge in [-0.2, -0.15) is 5.10 Å². The van der Waals surface area contributed by atoms with E-state index in [9.17, 15) is 9.59 Å². The zero-order valence-corrected chi connectivity index (χ0v) is 12.2. The monoisotopic (exact) mass is 279 g/mol. The van der Waals surface area contributed by atoms with E-state index in [-0.39, 0.29) is 5.91 Å². The van der Waals surface area contributed by atoms with Crippen molar-refractivity contribution in [2.75, 3.05) is 13.2 Å². The third kappa shape index (κ3) is 3.00. The molecule has 0 spiro atoms. The number of nitrogens with one attached hydrogen (secondary N) is 1. The molecule has 110 valence electrons. The molecular formula is C14H21N3O3. The van der Waals surface area contributed by atoms with Crippen LogP contribution in [0.5, 0.6) is 0 Å². The first-order valence-corrected chi connectivity index (χ1v) is 7.04. The van der Waals surface area contributed by atoms with Crippen molar-refractivity contribution < 1.29 is 14.3 Å². The highest BCUT2D eigenvalue weighted by atomic mass is 16.5. The maximum absolute atomic E-state index is 12.1. The molecule has 6 nitrogen and oxygen atoms in total. The van der Waals surface area contributed by atoms with Crippen molar-refractivity contribution in [2.24, 2.45) is 5.92 Å². The van der Waals surface area contributed by atoms with Gasteiger partial charge < -0.3 is 9.64 Å². The number of esters is 1. The molecule has 1 aliphatic heterocycles. The number of H-pyrrole nitrogens is 1. The van der Waals surface area contributed by atoms with Crippen LogP contribution in [0.25, 0.3) is 0 Å². The van der Waals surface area contributed by atoms with Crippen LogP contribution in [0.2, 0.25) is 0 Å². The molecule has 0 radical (unpaired) electrons. The maximum atomic E-state index is 12.1. The first-order valence-electron chi connectivity index (χ1n) is 7.04. The summed E-state index contributed by atoms with van der Waals surface area (Å²) < 4.78 is 4.99. The van der Waals surface area contributed by atoms with E-state index in [1.165, 1.54) is 0 Å². The normalized spacial score (nSPS) is 14.3. The molecule has 1 aromatic heterocycles. The standard InChI is InChI=1S/C14H21N3O3/c1-4-20-14(19)13-10-8-17(12(18)7-9(2)3)6-5-11(10)15-16-13/h9H,4-8H2,1-3H3,(H,15,16). The van der Waals surface area contributed by atoms with Crippen LogP contribution in [0.3, 0.4) is 0 Å². The van der Waals surface area contributed by atoms with E-state index in [0.717, 1.165) is 11.3 Å². The Kier molecular flexibility index (Phi) is 4.42. The van der Waals surface area contributed by atoms with Gasteiger partial charge in [-0.15, -0.1) is 0 Å². The predicted molar refractivity (Wildman–Crippen MR) is 73.1 cm³/mol. The van der Waals surface area contributed by atoms with Crippen LogP contribution < -0.4 is 0 Å². The highest BCUT2D eigenvalue weighted by molar-refractivity contribution is 5.89. The van der Waals surface area contributed by atoms with E-state index in [1.54, 1.807) is 11.8 Å². The fourth-order valence-corrected chi connectivity index (χ4v) is 2.35. The molecule has 2 heterocycles. The Balaban J connectivity index is 2.14. The van der Waals surface area contributed by atoms with Crippen molar-refractivity contribution >= 4 is 11.9 Å². The predicted octanol–water partition coefficient (Wildman–Crippen LogP) is 1.52. The van der Waals surface area contributed by atoms with Gasteiger partial charge >= 0.3 is 5.97 Å². The molecular weight excluding hydrogens is 258 g/mol. The third-order valence-electron chi connectivity index (χ3n) is 3.34. The number of carbonyl (C=O) groups excluding carboxylic acids is 2. The van der Waals surface area contributed by atoms with E-state index >= 15 is 0 Å². The smallest absolute Gasteiger partial charge is 0.359 e. The van der Waals surface area contributed by atoms with Crippen molar-refractivity contribution in [3.8, 4) is 0 Å². The van der Waals surface area contributed by atoms with Crippen molar-refractivity contribution in [3.63, 3.8) is 0 Å². The maximum Gasteiger partial charge on any atom is 0.359 e. The summed E-state index contributed by atoms with van der Waals surface area (Å²) >= 11 is 0. The lowest BCUT2D eigenvalue weighted by atomic mass is 10.0. The number of hydrogen-bond acceptors (Lipinski definition) is 4. The van der Waals surface area contributed by atoms with Crippen LogP contribution in [0.4, 0.5) is 0 Å². The van der Waals surface area contributed by atoms with Crippen molar-refractivity contribution in [1.29, 1.82) is 0 Å². The number of ether oxygens (including phenoxy) is 1. The quantitative estimate of drug-likeness (QED) is 0.848. The van der Waals surface area contributed by atoms with E-state index < -0.39 is 5.97 Å². The zero-order chi connectivity index (χ0) is 14.7. The highest BCUT2D eigenvalue weighted by Gasteiger charge is 2.28. The Bertz CT molecular complexity index is 508. The summed E-state index contributed by atoms with van der Waals surface area (Å²) in [6.07, 6.45) is 1.23. The topological polar surface area (TPSA) is 75.3 Å². The second kappa shape index (κ2) is 6.07. The molecule has 1 amide bonds. The lowest BCUT2D eigenvalue weighted by Gasteiger charge is -2.27. The Morgan fingerprint density at radius 2 is 2.20 bits per heavy atom. The Hall–Kier alpha value is -1.85. The average Bonchev–Trinajstić information content (AvgIpc) is 2.80. The summed E-state index contributed by atoms with van der Waals surface area (Å²) in [4.78, 5) is 25.7. The Morgan fingerprint density at radius 3 is 2.85 bits per heavy atom. The molecule has 0 bridgehead atoms. The molecule has 0 unspecified atom stereocenters. The Labute approximate surface area is 118 Å². The third-order valence-corrected chi connectivity index (χ3v) is 3.34. The minimum absolute atomic E-state index is 0.127. The molecule has 0 saturated heterocycles. The summed E-state index contributed by atoms with van der Waals surface area (Å²) in [5.74, 6) is 0.0302. The summed E-state index contributed by atoms with van der Waals surface area (Å²) in [6.45, 7) is 7.23. The SMILES string of the molecule is CCOC(=O)c1n[nH]c2c1CN(C(=O)CC(C)C)CC2.